The summed E-state index contributed by atoms with van der Waals surface area (Å²) in [5.74, 6) is 0.0608. The van der Waals surface area contributed by atoms with Crippen LogP contribution in [0.4, 0.5) is 10.5 Å². The molecule has 4 aliphatic heterocycles. The number of Topliss-reactive ketones (excluding diaryl/α,β-unsaturated/α-hetero) is 1. The molecule has 0 radical (unpaired) electrons. The second kappa shape index (κ2) is 7.25. The second-order valence-electron chi connectivity index (χ2n) is 10.4. The van der Waals surface area contributed by atoms with Crippen LogP contribution in [-0.2, 0) is 16.0 Å². The number of fused-ring (bicyclic) bond motifs is 8. The second-order valence-corrected chi connectivity index (χ2v) is 10.4. The van der Waals surface area contributed by atoms with Crippen molar-refractivity contribution in [1.29, 1.82) is 0 Å². The highest BCUT2D eigenvalue weighted by molar-refractivity contribution is 6.21. The topological polar surface area (TPSA) is 93.0 Å². The molecule has 8 nitrogen and oxygen atoms in total. The minimum atomic E-state index is -0.996. The van der Waals surface area contributed by atoms with Crippen molar-refractivity contribution >= 4 is 52.5 Å². The first kappa shape index (κ1) is 22.6. The van der Waals surface area contributed by atoms with E-state index in [9.17, 15) is 9.59 Å². The number of aliphatic imine (C=N–C) groups is 1. The van der Waals surface area contributed by atoms with Gasteiger partial charge >= 0.3 is 6.09 Å². The lowest BCUT2D eigenvalue weighted by atomic mass is 9.88. The number of ketones is 1. The molecule has 0 spiro atoms. The molecule has 1 aromatic heterocycles. The molecule has 1 amide bonds. The normalized spacial score (nSPS) is 31.6. The van der Waals surface area contributed by atoms with E-state index in [4.69, 9.17) is 14.6 Å². The number of ether oxygens (including phenoxy) is 2. The number of methoxy groups -OCH3 is 1. The number of nitrogens with zero attached hydrogens (tertiary/aromatic N) is 3. The van der Waals surface area contributed by atoms with Crippen molar-refractivity contribution in [2.75, 3.05) is 14.2 Å². The Morgan fingerprint density at radius 3 is 2.92 bits per heavy atom. The maximum absolute atomic E-state index is 14.1. The number of aromatic nitrogens is 1. The van der Waals surface area contributed by atoms with Crippen LogP contribution in [0.2, 0.25) is 0 Å². The highest BCUT2D eigenvalue weighted by Gasteiger charge is 2.69. The molecule has 6 aliphatic rings. The van der Waals surface area contributed by atoms with Gasteiger partial charge in [-0.3, -0.25) is 9.79 Å². The maximum atomic E-state index is 14.1. The molecule has 2 unspecified atom stereocenters. The van der Waals surface area contributed by atoms with Crippen molar-refractivity contribution in [3.8, 4) is 0 Å². The van der Waals surface area contributed by atoms with Crippen LogP contribution in [0.15, 0.2) is 35.0 Å². The zero-order chi connectivity index (χ0) is 25.9. The number of hydrogen-bond acceptors (Lipinski definition) is 6. The van der Waals surface area contributed by atoms with Crippen molar-refractivity contribution in [1.82, 2.24) is 9.05 Å². The van der Waals surface area contributed by atoms with Gasteiger partial charge in [-0.2, -0.15) is 11.9 Å². The number of carbonyl (C=O) groups is 2. The molecular weight excluding hydrogens is 470 g/mol. The van der Waals surface area contributed by atoms with E-state index in [0.717, 1.165) is 62.2 Å². The summed E-state index contributed by atoms with van der Waals surface area (Å²) in [5, 5.41) is 11.0. The Kier molecular flexibility index (Phi) is 4.43. The molecule has 2 aromatic rings. The Morgan fingerprint density at radius 2 is 2.14 bits per heavy atom. The Balaban J connectivity index is 0.00000113. The van der Waals surface area contributed by atoms with Gasteiger partial charge in [0.2, 0.25) is 5.72 Å². The Hall–Kier alpha value is -3.59. The number of amides is 1. The molecule has 1 fully saturated rings. The number of quaternary nitrogens is 1. The van der Waals surface area contributed by atoms with Gasteiger partial charge in [0.25, 0.3) is 0 Å². The average Bonchev–Trinajstić information content (AvgIpc) is 3.58. The molecule has 37 heavy (non-hydrogen) atoms. The van der Waals surface area contributed by atoms with Crippen molar-refractivity contribution in [2.45, 2.75) is 45.1 Å². The van der Waals surface area contributed by atoms with Gasteiger partial charge in [-0.25, -0.2) is 0 Å². The Bertz CT molecular complexity index is 1720. The van der Waals surface area contributed by atoms with Crippen molar-refractivity contribution < 1.29 is 24.2 Å². The van der Waals surface area contributed by atoms with Crippen LogP contribution in [0.1, 0.15) is 48.2 Å². The highest BCUT2D eigenvalue weighted by Crippen LogP contribution is 2.60. The summed E-state index contributed by atoms with van der Waals surface area (Å²) < 4.78 is 14.3. The SMILES string of the molecule is COC(=O)[N+]12C3=C4C=C[C@@H](C3)O[C@]1(C)/C=C\Cn1c3c(c5c6c(c4c2c51)C=NC=6)C(=O)C(C)CC=3.C[O-]. The summed E-state index contributed by atoms with van der Waals surface area (Å²) in [6.45, 7) is 4.55. The molecule has 2 aliphatic carbocycles. The van der Waals surface area contributed by atoms with E-state index in [-0.39, 0.29) is 28.4 Å². The summed E-state index contributed by atoms with van der Waals surface area (Å²) in [6, 6.07) is 0. The van der Waals surface area contributed by atoms with Gasteiger partial charge in [0, 0.05) is 65.0 Å². The minimum absolute atomic E-state index is 0.0872. The predicted octanol–water partition coefficient (Wildman–Crippen LogP) is 2.23. The first-order valence-corrected chi connectivity index (χ1v) is 12.6. The molecule has 8 rings (SSSR count). The van der Waals surface area contributed by atoms with Crippen LogP contribution in [-0.4, -0.2) is 48.7 Å². The van der Waals surface area contributed by atoms with Crippen LogP contribution < -0.4 is 20.2 Å². The number of carbonyl (C=O) groups excluding carboxylic acids is 2. The average molecular weight is 498 g/mol. The van der Waals surface area contributed by atoms with Gasteiger partial charge in [0.15, 0.2) is 11.5 Å². The third-order valence-corrected chi connectivity index (χ3v) is 8.77. The van der Waals surface area contributed by atoms with Crippen LogP contribution in [0.25, 0.3) is 28.8 Å². The number of hydrogen-bond donors (Lipinski definition) is 0. The Labute approximate surface area is 213 Å². The fraction of sp³-hybridized carbons (Fsp3) is 0.345. The predicted molar refractivity (Wildman–Crippen MR) is 139 cm³/mol. The van der Waals surface area contributed by atoms with Crippen molar-refractivity contribution in [2.24, 2.45) is 10.9 Å². The van der Waals surface area contributed by atoms with Crippen LogP contribution in [0, 0.1) is 5.92 Å². The summed E-state index contributed by atoms with van der Waals surface area (Å²) in [4.78, 5) is 32.3. The molecule has 1 aromatic carbocycles. The van der Waals surface area contributed by atoms with E-state index < -0.39 is 5.72 Å². The van der Waals surface area contributed by atoms with Gasteiger partial charge in [-0.1, -0.05) is 25.2 Å². The van der Waals surface area contributed by atoms with E-state index in [2.05, 4.69) is 33.9 Å². The van der Waals surface area contributed by atoms with E-state index in [1.54, 1.807) is 0 Å². The molecule has 0 saturated carbocycles. The Morgan fingerprint density at radius 1 is 1.32 bits per heavy atom. The third-order valence-electron chi connectivity index (χ3n) is 8.77. The lowest BCUT2D eigenvalue weighted by Crippen LogP contribution is -2.70. The van der Waals surface area contributed by atoms with Gasteiger partial charge in [0.1, 0.15) is 11.2 Å². The summed E-state index contributed by atoms with van der Waals surface area (Å²) in [5.41, 5.74) is 5.51. The summed E-state index contributed by atoms with van der Waals surface area (Å²) in [7, 11) is 2.19. The smallest absolute Gasteiger partial charge is 0.528 e. The van der Waals surface area contributed by atoms with E-state index >= 15 is 0 Å². The number of allylic oxidation sites excluding steroid dienone is 3. The van der Waals surface area contributed by atoms with Gasteiger partial charge in [-0.15, -0.1) is 4.48 Å². The molecule has 1 saturated heterocycles. The molecular formula is C29H27N3O5. The van der Waals surface area contributed by atoms with Gasteiger partial charge in [0.05, 0.1) is 30.8 Å². The first-order chi connectivity index (χ1) is 17.9. The van der Waals surface area contributed by atoms with E-state index in [1.165, 1.54) is 7.11 Å². The quantitative estimate of drug-likeness (QED) is 0.411. The van der Waals surface area contributed by atoms with Gasteiger partial charge in [-0.05, 0) is 12.5 Å². The number of rotatable bonds is 0. The molecule has 0 N–H and O–H groups in total. The zero-order valence-electron chi connectivity index (χ0n) is 21.2. The lowest BCUT2D eigenvalue weighted by molar-refractivity contribution is -0.325. The van der Waals surface area contributed by atoms with E-state index in [0.29, 0.717) is 19.4 Å². The highest BCUT2D eigenvalue weighted by atomic mass is 16.6. The third kappa shape index (κ3) is 2.33. The summed E-state index contributed by atoms with van der Waals surface area (Å²) >= 11 is 0. The fourth-order valence-electron chi connectivity index (χ4n) is 7.36. The van der Waals surface area contributed by atoms with Gasteiger partial charge < -0.3 is 19.1 Å². The van der Waals surface area contributed by atoms with Crippen LogP contribution in [0.3, 0.4) is 0 Å². The molecule has 8 heteroatoms. The molecule has 2 bridgehead atoms. The lowest BCUT2D eigenvalue weighted by Gasteiger charge is -2.50. The fourth-order valence-corrected chi connectivity index (χ4v) is 7.36. The standard InChI is InChI=1S/C28H24N3O4.CH3O/c1-14-5-8-19-23(26(14)32)22-18-13-29-12-17(18)21-16-7-6-15-11-20(16)31(27(33)34-3)25(21)24(22)30(19)10-4-9-28(31,2)35-15;1-2/h4,6-9,12-15H,5,10-11H2,1-3H3;1H3/q+1;-1/b9-4-;/t14?,15-,28+,31?;/m0./s1. The maximum Gasteiger partial charge on any atom is 0.528 e. The van der Waals surface area contributed by atoms with Crippen molar-refractivity contribution in [3.63, 3.8) is 0 Å². The van der Waals surface area contributed by atoms with Crippen molar-refractivity contribution in [3.05, 3.63) is 57.3 Å². The zero-order valence-corrected chi connectivity index (χ0v) is 21.2. The van der Waals surface area contributed by atoms with E-state index in [1.807, 2.05) is 32.3 Å². The first-order valence-electron chi connectivity index (χ1n) is 12.6. The summed E-state index contributed by atoms with van der Waals surface area (Å²) in [6.07, 6.45) is 15.0. The molecule has 4 atom stereocenters. The monoisotopic (exact) mass is 497 g/mol. The van der Waals surface area contributed by atoms with Crippen LogP contribution in [0.5, 0.6) is 0 Å². The molecule has 188 valence electrons. The number of benzene rings is 1. The largest absolute Gasteiger partial charge is 0.857 e. The molecule has 5 heterocycles. The van der Waals surface area contributed by atoms with Crippen LogP contribution >= 0.6 is 0 Å². The minimum Gasteiger partial charge on any atom is -0.857 e.